The Bertz CT molecular complexity index is 206. The minimum atomic E-state index is -0.449. The molecule has 2 rings (SSSR count). The highest BCUT2D eigenvalue weighted by molar-refractivity contribution is 5.02. The Labute approximate surface area is 84.7 Å². The number of piperidine rings is 1. The molecule has 0 aromatic heterocycles. The summed E-state index contributed by atoms with van der Waals surface area (Å²) in [6.45, 7) is 2.60. The fraction of sp³-hybridized carbons (Fsp3) is 1.00. The molecule has 14 heavy (non-hydrogen) atoms. The van der Waals surface area contributed by atoms with Crippen LogP contribution in [0.1, 0.15) is 19.3 Å². The fourth-order valence-electron chi connectivity index (χ4n) is 2.36. The second-order valence-corrected chi connectivity index (χ2v) is 4.78. The Kier molecular flexibility index (Phi) is 2.79. The second-order valence-electron chi connectivity index (χ2n) is 4.78. The molecular formula is C10H20N2O2. The summed E-state index contributed by atoms with van der Waals surface area (Å²) in [5.74, 6) is 0. The molecule has 0 radical (unpaired) electrons. The lowest BCUT2D eigenvalue weighted by Crippen LogP contribution is -2.48. The minimum absolute atomic E-state index is 0.193. The van der Waals surface area contributed by atoms with Crippen LogP contribution in [0.4, 0.5) is 0 Å². The van der Waals surface area contributed by atoms with Crippen LogP contribution in [0.15, 0.2) is 0 Å². The van der Waals surface area contributed by atoms with Crippen molar-refractivity contribution in [3.8, 4) is 0 Å². The largest absolute Gasteiger partial charge is 0.391 e. The van der Waals surface area contributed by atoms with E-state index in [1.807, 2.05) is 0 Å². The van der Waals surface area contributed by atoms with E-state index in [2.05, 4.69) is 4.90 Å². The van der Waals surface area contributed by atoms with Crippen LogP contribution >= 0.6 is 0 Å². The molecule has 4 N–H and O–H groups in total. The number of hydrogen-bond acceptors (Lipinski definition) is 4. The van der Waals surface area contributed by atoms with Gasteiger partial charge in [0.25, 0.3) is 0 Å². The van der Waals surface area contributed by atoms with Gasteiger partial charge in [0.2, 0.25) is 0 Å². The predicted octanol–water partition coefficient (Wildman–Crippen LogP) is -0.847. The van der Waals surface area contributed by atoms with Crippen LogP contribution in [-0.2, 0) is 0 Å². The first-order valence-electron chi connectivity index (χ1n) is 5.45. The Morgan fingerprint density at radius 3 is 2.64 bits per heavy atom. The molecule has 2 aliphatic rings. The lowest BCUT2D eigenvalue weighted by atomic mass is 9.90. The van der Waals surface area contributed by atoms with E-state index in [0.29, 0.717) is 19.6 Å². The summed E-state index contributed by atoms with van der Waals surface area (Å²) in [6, 6.07) is 0. The molecule has 0 amide bonds. The predicted molar refractivity (Wildman–Crippen MR) is 53.8 cm³/mol. The highest BCUT2D eigenvalue weighted by atomic mass is 16.3. The molecule has 2 fully saturated rings. The standard InChI is InChI=1S/C10H20N2O2/c11-5-8(13)6-12-4-3-10(1-2-10)9(14)7-12/h8-9,13-14H,1-7,11H2/t8-,9+/m0/s1. The van der Waals surface area contributed by atoms with Crippen molar-refractivity contribution in [2.45, 2.75) is 31.5 Å². The summed E-state index contributed by atoms with van der Waals surface area (Å²) in [7, 11) is 0. The van der Waals surface area contributed by atoms with Gasteiger partial charge in [-0.05, 0) is 31.2 Å². The van der Waals surface area contributed by atoms with Gasteiger partial charge in [-0.25, -0.2) is 0 Å². The van der Waals surface area contributed by atoms with Crippen molar-refractivity contribution in [3.63, 3.8) is 0 Å². The maximum atomic E-state index is 9.90. The molecule has 1 heterocycles. The molecule has 0 bridgehead atoms. The lowest BCUT2D eigenvalue weighted by molar-refractivity contribution is -0.00663. The molecule has 0 aromatic rings. The number of nitrogens with zero attached hydrogens (tertiary/aromatic N) is 1. The number of likely N-dealkylation sites (tertiary alicyclic amines) is 1. The van der Waals surface area contributed by atoms with Crippen molar-refractivity contribution in [2.24, 2.45) is 11.1 Å². The number of aliphatic hydroxyl groups excluding tert-OH is 2. The zero-order chi connectivity index (χ0) is 10.2. The summed E-state index contributed by atoms with van der Waals surface area (Å²) in [5, 5.41) is 19.3. The van der Waals surface area contributed by atoms with Crippen molar-refractivity contribution in [1.29, 1.82) is 0 Å². The third kappa shape index (κ3) is 1.93. The van der Waals surface area contributed by atoms with Crippen molar-refractivity contribution in [2.75, 3.05) is 26.2 Å². The molecule has 1 spiro atoms. The van der Waals surface area contributed by atoms with Gasteiger partial charge in [0, 0.05) is 19.6 Å². The maximum Gasteiger partial charge on any atom is 0.0789 e. The van der Waals surface area contributed by atoms with E-state index < -0.39 is 6.10 Å². The number of hydrogen-bond donors (Lipinski definition) is 3. The third-order valence-electron chi connectivity index (χ3n) is 3.70. The molecule has 1 saturated carbocycles. The molecule has 0 aromatic carbocycles. The van der Waals surface area contributed by atoms with Gasteiger partial charge in [-0.15, -0.1) is 0 Å². The summed E-state index contributed by atoms with van der Waals surface area (Å²) < 4.78 is 0. The number of rotatable bonds is 3. The van der Waals surface area contributed by atoms with Gasteiger partial charge >= 0.3 is 0 Å². The van der Waals surface area contributed by atoms with Crippen LogP contribution in [0.25, 0.3) is 0 Å². The molecule has 4 heteroatoms. The monoisotopic (exact) mass is 200 g/mol. The molecule has 2 atom stereocenters. The van der Waals surface area contributed by atoms with Crippen LogP contribution < -0.4 is 5.73 Å². The molecule has 1 saturated heterocycles. The quantitative estimate of drug-likeness (QED) is 0.555. The number of aliphatic hydroxyl groups is 2. The normalized spacial score (nSPS) is 33.2. The molecule has 1 aliphatic carbocycles. The lowest BCUT2D eigenvalue weighted by Gasteiger charge is -2.37. The summed E-state index contributed by atoms with van der Waals surface area (Å²) in [6.07, 6.45) is 2.80. The van der Waals surface area contributed by atoms with Crippen molar-refractivity contribution in [3.05, 3.63) is 0 Å². The van der Waals surface area contributed by atoms with Gasteiger partial charge in [-0.3, -0.25) is 4.90 Å². The third-order valence-corrected chi connectivity index (χ3v) is 3.70. The first kappa shape index (κ1) is 10.4. The Morgan fingerprint density at radius 2 is 2.14 bits per heavy atom. The average molecular weight is 200 g/mol. The van der Waals surface area contributed by atoms with E-state index in [4.69, 9.17) is 5.73 Å². The zero-order valence-corrected chi connectivity index (χ0v) is 8.52. The van der Waals surface area contributed by atoms with Crippen LogP contribution in [0.3, 0.4) is 0 Å². The molecule has 1 aliphatic heterocycles. The molecule has 0 unspecified atom stereocenters. The summed E-state index contributed by atoms with van der Waals surface area (Å²) in [4.78, 5) is 2.12. The Morgan fingerprint density at radius 1 is 1.43 bits per heavy atom. The van der Waals surface area contributed by atoms with Crippen molar-refractivity contribution < 1.29 is 10.2 Å². The maximum absolute atomic E-state index is 9.90. The topological polar surface area (TPSA) is 69.7 Å². The van der Waals surface area contributed by atoms with Crippen LogP contribution in [-0.4, -0.2) is 53.5 Å². The van der Waals surface area contributed by atoms with Gasteiger partial charge in [0.15, 0.2) is 0 Å². The Hall–Kier alpha value is -0.160. The SMILES string of the molecule is NC[C@H](O)CN1CCC2(CC2)[C@H](O)C1. The van der Waals surface area contributed by atoms with Gasteiger partial charge in [0.1, 0.15) is 0 Å². The molecule has 4 nitrogen and oxygen atoms in total. The van der Waals surface area contributed by atoms with E-state index >= 15 is 0 Å². The zero-order valence-electron chi connectivity index (χ0n) is 8.52. The fourth-order valence-corrected chi connectivity index (χ4v) is 2.36. The number of nitrogens with two attached hydrogens (primary N) is 1. The average Bonchev–Trinajstić information content (AvgIpc) is 2.93. The molecular weight excluding hydrogens is 180 g/mol. The Balaban J connectivity index is 1.81. The van der Waals surface area contributed by atoms with Crippen molar-refractivity contribution in [1.82, 2.24) is 4.90 Å². The smallest absolute Gasteiger partial charge is 0.0789 e. The van der Waals surface area contributed by atoms with Gasteiger partial charge in [-0.2, -0.15) is 0 Å². The van der Waals surface area contributed by atoms with Gasteiger partial charge < -0.3 is 15.9 Å². The van der Waals surface area contributed by atoms with Gasteiger partial charge in [0.05, 0.1) is 12.2 Å². The highest BCUT2D eigenvalue weighted by Crippen LogP contribution is 2.53. The van der Waals surface area contributed by atoms with Crippen LogP contribution in [0.2, 0.25) is 0 Å². The van der Waals surface area contributed by atoms with E-state index in [1.54, 1.807) is 0 Å². The van der Waals surface area contributed by atoms with E-state index in [9.17, 15) is 10.2 Å². The van der Waals surface area contributed by atoms with E-state index in [0.717, 1.165) is 13.0 Å². The molecule has 82 valence electrons. The van der Waals surface area contributed by atoms with Crippen molar-refractivity contribution >= 4 is 0 Å². The second kappa shape index (κ2) is 3.77. The van der Waals surface area contributed by atoms with E-state index in [1.165, 1.54) is 12.8 Å². The summed E-state index contributed by atoms with van der Waals surface area (Å²) in [5.41, 5.74) is 5.60. The number of β-amino-alcohol motifs (C(OH)–C–C–N with tert-alkyl or cyclic N) is 2. The minimum Gasteiger partial charge on any atom is -0.391 e. The van der Waals surface area contributed by atoms with E-state index in [-0.39, 0.29) is 11.5 Å². The van der Waals surface area contributed by atoms with Gasteiger partial charge in [-0.1, -0.05) is 0 Å². The van der Waals surface area contributed by atoms with Crippen LogP contribution in [0.5, 0.6) is 0 Å². The summed E-state index contributed by atoms with van der Waals surface area (Å²) >= 11 is 0. The van der Waals surface area contributed by atoms with Crippen LogP contribution in [0, 0.1) is 5.41 Å². The highest BCUT2D eigenvalue weighted by Gasteiger charge is 2.51. The first-order chi connectivity index (χ1) is 6.66. The first-order valence-corrected chi connectivity index (χ1v) is 5.45.